The molecular weight excluding hydrogens is 669 g/mol. The molecular formula is C48H37N2O2S+. The molecule has 9 rings (SSSR count). The Morgan fingerprint density at radius 3 is 1.55 bits per heavy atom. The third-order valence-electron chi connectivity index (χ3n) is 10.2. The lowest BCUT2D eigenvalue weighted by Gasteiger charge is -2.21. The van der Waals surface area contributed by atoms with Crippen molar-refractivity contribution in [3.63, 3.8) is 0 Å². The molecule has 0 fully saturated rings. The van der Waals surface area contributed by atoms with Gasteiger partial charge in [-0.25, -0.2) is 13.4 Å². The smallest absolute Gasteiger partial charge is 0.158 e. The van der Waals surface area contributed by atoms with Crippen LogP contribution < -0.4 is 5.32 Å². The number of rotatable bonds is 6. The minimum atomic E-state index is -3.38. The Kier molecular flexibility index (Phi) is 8.51. The van der Waals surface area contributed by atoms with E-state index >= 15 is 0 Å². The fraction of sp³-hybridized carbons (Fsp3) is 0.0625. The molecule has 0 saturated carbocycles. The van der Waals surface area contributed by atoms with Crippen LogP contribution in [0.2, 0.25) is 0 Å². The highest BCUT2D eigenvalue weighted by atomic mass is 32.2. The van der Waals surface area contributed by atoms with Crippen molar-refractivity contribution in [3.05, 3.63) is 210 Å². The van der Waals surface area contributed by atoms with Gasteiger partial charge < -0.3 is 5.32 Å². The summed E-state index contributed by atoms with van der Waals surface area (Å²) in [7, 11) is -3.38. The Labute approximate surface area is 310 Å². The zero-order chi connectivity index (χ0) is 35.8. The van der Waals surface area contributed by atoms with E-state index in [0.717, 1.165) is 72.6 Å². The van der Waals surface area contributed by atoms with Gasteiger partial charge in [-0.3, -0.25) is 0 Å². The van der Waals surface area contributed by atoms with E-state index in [-0.39, 0.29) is 17.5 Å². The van der Waals surface area contributed by atoms with Gasteiger partial charge in [0.05, 0.1) is 22.9 Å². The van der Waals surface area contributed by atoms with Crippen molar-refractivity contribution in [1.82, 2.24) is 4.98 Å². The molecule has 1 atom stereocenters. The van der Waals surface area contributed by atoms with Crippen molar-refractivity contribution in [1.29, 1.82) is 0 Å². The number of sulfone groups is 1. The summed E-state index contributed by atoms with van der Waals surface area (Å²) in [6.07, 6.45) is 4.58. The summed E-state index contributed by atoms with van der Waals surface area (Å²) in [5.41, 5.74) is 15.2. The summed E-state index contributed by atoms with van der Waals surface area (Å²) in [5, 5.41) is 2.33. The quantitative estimate of drug-likeness (QED) is 0.187. The van der Waals surface area contributed by atoms with Crippen LogP contribution >= 0.6 is 0 Å². The van der Waals surface area contributed by atoms with Crippen LogP contribution in [0.4, 0.5) is 0 Å². The van der Waals surface area contributed by atoms with Crippen LogP contribution in [0.5, 0.6) is 0 Å². The molecule has 0 spiro atoms. The van der Waals surface area contributed by atoms with Crippen LogP contribution in [0.25, 0.3) is 56.0 Å². The van der Waals surface area contributed by atoms with E-state index in [0.29, 0.717) is 0 Å². The summed E-state index contributed by atoms with van der Waals surface area (Å²) in [6, 6.07) is 58.5. The van der Waals surface area contributed by atoms with E-state index in [2.05, 4.69) is 127 Å². The van der Waals surface area contributed by atoms with Gasteiger partial charge in [-0.15, -0.1) is 0 Å². The topological polar surface area (TPSA) is 63.6 Å². The summed E-state index contributed by atoms with van der Waals surface area (Å²) in [6.45, 7) is 0. The Bertz CT molecular complexity index is 2580. The standard InChI is InChI=1S/C48H36N2O2S/c51-53(52)31-39-23-21-37(41-27-45(33-13-5-1-6-14-33)49-46(28-41)34-15-7-2-8-16-34)25-43(39)44-26-38(22-24-40(44)32-53)42-29-47(35-17-9-3-10-18-35)50-48(30-42)36-19-11-4-12-20-36/h1-30,45,49H,31-32H2/p+1. The van der Waals surface area contributed by atoms with E-state index in [1.807, 2.05) is 60.7 Å². The van der Waals surface area contributed by atoms with Crippen molar-refractivity contribution in [2.24, 2.45) is 0 Å². The van der Waals surface area contributed by atoms with Crippen molar-refractivity contribution in [2.75, 3.05) is 0 Å². The van der Waals surface area contributed by atoms with Crippen LogP contribution in [0.3, 0.4) is 0 Å². The zero-order valence-electron chi connectivity index (χ0n) is 29.1. The van der Waals surface area contributed by atoms with Crippen molar-refractivity contribution in [3.8, 4) is 44.8 Å². The van der Waals surface area contributed by atoms with Gasteiger partial charge in [0.2, 0.25) is 0 Å². The first kappa shape index (κ1) is 32.7. The van der Waals surface area contributed by atoms with Gasteiger partial charge in [0.1, 0.15) is 11.7 Å². The number of aromatic nitrogens is 1. The molecule has 0 radical (unpaired) electrons. The fourth-order valence-electron chi connectivity index (χ4n) is 7.56. The highest BCUT2D eigenvalue weighted by Gasteiger charge is 2.27. The molecule has 1 aromatic heterocycles. The maximum Gasteiger partial charge on any atom is 0.158 e. The Balaban J connectivity index is 1.19. The number of allylic oxidation sites excluding steroid dienone is 2. The molecule has 53 heavy (non-hydrogen) atoms. The molecule has 0 amide bonds. The second kappa shape index (κ2) is 13.8. The molecule has 5 heteroatoms. The maximum absolute atomic E-state index is 13.5. The molecule has 2 N–H and O–H groups in total. The van der Waals surface area contributed by atoms with Crippen LogP contribution in [0.1, 0.15) is 33.9 Å². The van der Waals surface area contributed by atoms with Crippen LogP contribution in [0, 0.1) is 0 Å². The van der Waals surface area contributed by atoms with Gasteiger partial charge in [-0.1, -0.05) is 133 Å². The van der Waals surface area contributed by atoms with E-state index in [9.17, 15) is 8.42 Å². The summed E-state index contributed by atoms with van der Waals surface area (Å²) in [5.74, 6) is 0.00205. The molecule has 0 bridgehead atoms. The number of benzene rings is 6. The second-order valence-corrected chi connectivity index (χ2v) is 15.9. The van der Waals surface area contributed by atoms with Crippen molar-refractivity contribution >= 4 is 21.1 Å². The van der Waals surface area contributed by atoms with Crippen LogP contribution in [-0.4, -0.2) is 13.4 Å². The van der Waals surface area contributed by atoms with Crippen LogP contribution in [-0.2, 0) is 21.3 Å². The van der Waals surface area contributed by atoms with Crippen LogP contribution in [0.15, 0.2) is 182 Å². The number of nitrogens with two attached hydrogens (primary N) is 1. The number of quaternary nitrogens is 1. The molecule has 4 nitrogen and oxygen atoms in total. The minimum Gasteiger partial charge on any atom is -0.304 e. The highest BCUT2D eigenvalue weighted by molar-refractivity contribution is 7.89. The van der Waals surface area contributed by atoms with E-state index in [4.69, 9.17) is 4.98 Å². The predicted octanol–water partition coefficient (Wildman–Crippen LogP) is 9.92. The molecule has 1 unspecified atom stereocenters. The van der Waals surface area contributed by atoms with Gasteiger partial charge in [0.15, 0.2) is 9.84 Å². The second-order valence-electron chi connectivity index (χ2n) is 13.8. The summed E-state index contributed by atoms with van der Waals surface area (Å²) >= 11 is 0. The van der Waals surface area contributed by atoms with E-state index < -0.39 is 9.84 Å². The molecule has 0 aliphatic carbocycles. The lowest BCUT2D eigenvalue weighted by Crippen LogP contribution is -2.82. The van der Waals surface area contributed by atoms with Gasteiger partial charge >= 0.3 is 0 Å². The predicted molar refractivity (Wildman–Crippen MR) is 216 cm³/mol. The zero-order valence-corrected chi connectivity index (χ0v) is 29.9. The Morgan fingerprint density at radius 2 is 0.981 bits per heavy atom. The number of nitrogens with zero attached hydrogens (tertiary/aromatic N) is 1. The summed E-state index contributed by atoms with van der Waals surface area (Å²) < 4.78 is 27.0. The SMILES string of the molecule is O=S1(=O)Cc2ccc(C3=CC(c4ccccc4)[NH2+]C(c4ccccc4)=C3)cc2-c2cc(-c3cc(-c4ccccc4)nc(-c4ccccc4)c3)ccc2C1. The lowest BCUT2D eigenvalue weighted by atomic mass is 9.88. The normalized spacial score (nSPS) is 16.0. The first-order valence-electron chi connectivity index (χ1n) is 17.9. The lowest BCUT2D eigenvalue weighted by molar-refractivity contribution is -0.598. The molecule has 2 aliphatic rings. The average molecular weight is 706 g/mol. The Morgan fingerprint density at radius 1 is 0.491 bits per heavy atom. The van der Waals surface area contributed by atoms with E-state index in [1.165, 1.54) is 11.3 Å². The van der Waals surface area contributed by atoms with Gasteiger partial charge in [-0.05, 0) is 87.0 Å². The molecule has 6 aromatic carbocycles. The van der Waals surface area contributed by atoms with Crippen molar-refractivity contribution in [2.45, 2.75) is 17.5 Å². The maximum atomic E-state index is 13.5. The largest absolute Gasteiger partial charge is 0.304 e. The Hall–Kier alpha value is -6.14. The van der Waals surface area contributed by atoms with E-state index in [1.54, 1.807) is 0 Å². The molecule has 7 aromatic rings. The number of pyridine rings is 1. The highest BCUT2D eigenvalue weighted by Crippen LogP contribution is 2.40. The number of hydrogen-bond donors (Lipinski definition) is 1. The molecule has 0 saturated heterocycles. The minimum absolute atomic E-state index is 0.000696. The van der Waals surface area contributed by atoms with Gasteiger partial charge in [0, 0.05) is 28.3 Å². The van der Waals surface area contributed by atoms with Gasteiger partial charge in [0.25, 0.3) is 0 Å². The fourth-order valence-corrected chi connectivity index (χ4v) is 9.11. The van der Waals surface area contributed by atoms with Gasteiger partial charge in [-0.2, -0.15) is 0 Å². The first-order valence-corrected chi connectivity index (χ1v) is 19.8. The summed E-state index contributed by atoms with van der Waals surface area (Å²) in [4.78, 5) is 5.08. The average Bonchev–Trinajstić information content (AvgIpc) is 3.33. The monoisotopic (exact) mass is 705 g/mol. The number of hydrogen-bond acceptors (Lipinski definition) is 3. The molecule has 3 heterocycles. The third kappa shape index (κ3) is 6.81. The number of fused-ring (bicyclic) bond motifs is 3. The first-order chi connectivity index (χ1) is 26.0. The molecule has 256 valence electrons. The van der Waals surface area contributed by atoms with Crippen molar-refractivity contribution < 1.29 is 13.7 Å². The third-order valence-corrected chi connectivity index (χ3v) is 11.7. The molecule has 2 aliphatic heterocycles.